The van der Waals surface area contributed by atoms with E-state index in [1.54, 1.807) is 0 Å². The van der Waals surface area contributed by atoms with Crippen molar-refractivity contribution in [2.45, 2.75) is 0 Å². The Labute approximate surface area is 299 Å². The molecule has 0 N–H and O–H groups in total. The van der Waals surface area contributed by atoms with Crippen LogP contribution in [0.15, 0.2) is 185 Å². The third-order valence-electron chi connectivity index (χ3n) is 10.5. The van der Waals surface area contributed by atoms with Crippen LogP contribution in [-0.2, 0) is 0 Å². The smallest absolute Gasteiger partial charge is 0.136 e. The van der Waals surface area contributed by atoms with Crippen LogP contribution in [-0.4, -0.2) is 4.98 Å². The van der Waals surface area contributed by atoms with Crippen LogP contribution >= 0.6 is 0 Å². The summed E-state index contributed by atoms with van der Waals surface area (Å²) in [5.74, 6) is 0. The third kappa shape index (κ3) is 4.43. The van der Waals surface area contributed by atoms with Crippen molar-refractivity contribution in [3.05, 3.63) is 176 Å². The van der Waals surface area contributed by atoms with Crippen LogP contribution in [0.3, 0.4) is 0 Å². The second kappa shape index (κ2) is 11.3. The summed E-state index contributed by atoms with van der Waals surface area (Å²) in [4.78, 5) is 5.25. The first-order chi connectivity index (χ1) is 25.8. The molecule has 3 nitrogen and oxygen atoms in total. The van der Waals surface area contributed by atoms with Gasteiger partial charge in [0.05, 0.1) is 11.2 Å². The lowest BCUT2D eigenvalue weighted by Crippen LogP contribution is -1.93. The Hall–Kier alpha value is -6.97. The monoisotopic (exact) mass is 663 g/mol. The van der Waals surface area contributed by atoms with Crippen LogP contribution in [0.2, 0.25) is 0 Å². The topological polar surface area (TPSA) is 39.2 Å². The summed E-state index contributed by atoms with van der Waals surface area (Å²) in [6.07, 6.45) is 0. The van der Waals surface area contributed by atoms with Gasteiger partial charge in [0, 0.05) is 48.8 Å². The lowest BCUT2D eigenvalue weighted by Gasteiger charge is -2.16. The van der Waals surface area contributed by atoms with Crippen molar-refractivity contribution in [1.82, 2.24) is 4.98 Å². The van der Waals surface area contributed by atoms with Crippen molar-refractivity contribution < 1.29 is 8.83 Å². The number of pyridine rings is 1. The molecule has 0 aliphatic rings. The van der Waals surface area contributed by atoms with Crippen molar-refractivity contribution in [3.63, 3.8) is 0 Å². The molecule has 3 heteroatoms. The van der Waals surface area contributed by atoms with Gasteiger partial charge in [-0.25, -0.2) is 4.98 Å². The van der Waals surface area contributed by atoms with E-state index < -0.39 is 0 Å². The van der Waals surface area contributed by atoms with Gasteiger partial charge in [-0.1, -0.05) is 133 Å². The maximum Gasteiger partial charge on any atom is 0.136 e. The SMILES string of the molecule is c1ccc(-c2nc3ccccc3c3c(-c4cccc(-c5ccc(-c6ccc7c(c6)oc6ccccc67)cc5)c4)c4c(cc23)oc2ccccc24)cc1. The molecule has 11 rings (SSSR count). The Bertz CT molecular complexity index is 3170. The molecule has 3 aromatic heterocycles. The minimum atomic E-state index is 0.856. The largest absolute Gasteiger partial charge is 0.456 e. The fourth-order valence-corrected chi connectivity index (χ4v) is 8.04. The summed E-state index contributed by atoms with van der Waals surface area (Å²) in [6, 6.07) is 62.0. The third-order valence-corrected chi connectivity index (χ3v) is 10.5. The highest BCUT2D eigenvalue weighted by atomic mass is 16.3. The van der Waals surface area contributed by atoms with Crippen LogP contribution in [0.4, 0.5) is 0 Å². The second-order valence-corrected chi connectivity index (χ2v) is 13.5. The van der Waals surface area contributed by atoms with Gasteiger partial charge in [0.25, 0.3) is 0 Å². The van der Waals surface area contributed by atoms with E-state index in [-0.39, 0.29) is 0 Å². The molecule has 0 aliphatic heterocycles. The zero-order chi connectivity index (χ0) is 34.2. The van der Waals surface area contributed by atoms with E-state index in [4.69, 9.17) is 13.8 Å². The molecule has 8 aromatic carbocycles. The van der Waals surface area contributed by atoms with E-state index in [9.17, 15) is 0 Å². The quantitative estimate of drug-likeness (QED) is 0.176. The van der Waals surface area contributed by atoms with Gasteiger partial charge in [0.1, 0.15) is 22.3 Å². The van der Waals surface area contributed by atoms with Gasteiger partial charge in [-0.15, -0.1) is 0 Å². The fourth-order valence-electron chi connectivity index (χ4n) is 8.04. The minimum Gasteiger partial charge on any atom is -0.456 e. The van der Waals surface area contributed by atoms with Crippen LogP contribution < -0.4 is 0 Å². The van der Waals surface area contributed by atoms with Crippen molar-refractivity contribution >= 4 is 65.6 Å². The Morgan fingerprint density at radius 1 is 0.308 bits per heavy atom. The zero-order valence-corrected chi connectivity index (χ0v) is 28.0. The first-order valence-electron chi connectivity index (χ1n) is 17.6. The number of hydrogen-bond acceptors (Lipinski definition) is 3. The van der Waals surface area contributed by atoms with Gasteiger partial charge in [0.15, 0.2) is 0 Å². The number of benzene rings is 8. The lowest BCUT2D eigenvalue weighted by atomic mass is 9.88. The maximum atomic E-state index is 6.61. The van der Waals surface area contributed by atoms with Crippen molar-refractivity contribution in [2.75, 3.05) is 0 Å². The molecule has 0 unspecified atom stereocenters. The summed E-state index contributed by atoms with van der Waals surface area (Å²) in [5, 5.41) is 7.88. The molecule has 11 aromatic rings. The number of fused-ring (bicyclic) bond motifs is 9. The van der Waals surface area contributed by atoms with E-state index in [1.807, 2.05) is 24.3 Å². The Balaban J connectivity index is 1.11. The van der Waals surface area contributed by atoms with Gasteiger partial charge in [-0.3, -0.25) is 0 Å². The molecular weight excluding hydrogens is 635 g/mol. The lowest BCUT2D eigenvalue weighted by molar-refractivity contribution is 0.669. The minimum absolute atomic E-state index is 0.856. The number of furan rings is 2. The van der Waals surface area contributed by atoms with Gasteiger partial charge in [-0.2, -0.15) is 0 Å². The summed E-state index contributed by atoms with van der Waals surface area (Å²) in [6.45, 7) is 0. The standard InChI is InChI=1S/C49H29NO2/c1-2-11-32(12-3-1)49-40-29-45-48(39-17-6-9-20-43(39)52-45)46(47(40)38-16-4-7-18-41(38)50-49)35-14-10-13-33(27-35)30-21-23-31(24-22-30)34-25-26-37-36-15-5-8-19-42(36)51-44(37)28-34/h1-29H. The van der Waals surface area contributed by atoms with Gasteiger partial charge < -0.3 is 8.83 Å². The Morgan fingerprint density at radius 3 is 1.69 bits per heavy atom. The average molecular weight is 664 g/mol. The van der Waals surface area contributed by atoms with E-state index in [1.165, 1.54) is 5.39 Å². The summed E-state index contributed by atoms with van der Waals surface area (Å²) < 4.78 is 12.8. The summed E-state index contributed by atoms with van der Waals surface area (Å²) in [7, 11) is 0. The average Bonchev–Trinajstić information content (AvgIpc) is 3.78. The highest BCUT2D eigenvalue weighted by Gasteiger charge is 2.22. The van der Waals surface area contributed by atoms with Crippen LogP contribution in [0, 0.1) is 0 Å². The maximum absolute atomic E-state index is 6.61. The highest BCUT2D eigenvalue weighted by molar-refractivity contribution is 6.27. The predicted molar refractivity (Wildman–Crippen MR) is 216 cm³/mol. The molecule has 0 radical (unpaired) electrons. The molecule has 0 saturated heterocycles. The predicted octanol–water partition coefficient (Wildman–Crippen LogP) is 13.9. The normalized spacial score (nSPS) is 11.8. The van der Waals surface area contributed by atoms with Gasteiger partial charge in [-0.05, 0) is 70.3 Å². The fraction of sp³-hybridized carbons (Fsp3) is 0. The van der Waals surface area contributed by atoms with E-state index in [0.29, 0.717) is 0 Å². The molecule has 0 amide bonds. The molecule has 0 spiro atoms. The van der Waals surface area contributed by atoms with Crippen LogP contribution in [0.5, 0.6) is 0 Å². The van der Waals surface area contributed by atoms with Crippen molar-refractivity contribution in [3.8, 4) is 44.6 Å². The molecule has 242 valence electrons. The molecule has 0 fully saturated rings. The van der Waals surface area contributed by atoms with Gasteiger partial charge in [0.2, 0.25) is 0 Å². The second-order valence-electron chi connectivity index (χ2n) is 13.5. The zero-order valence-electron chi connectivity index (χ0n) is 28.0. The van der Waals surface area contributed by atoms with Crippen molar-refractivity contribution in [1.29, 1.82) is 0 Å². The highest BCUT2D eigenvalue weighted by Crippen LogP contribution is 2.46. The molecule has 0 atom stereocenters. The van der Waals surface area contributed by atoms with Crippen LogP contribution in [0.1, 0.15) is 0 Å². The number of nitrogens with zero attached hydrogens (tertiary/aromatic N) is 1. The molecule has 3 heterocycles. The van der Waals surface area contributed by atoms with Crippen molar-refractivity contribution in [2.24, 2.45) is 0 Å². The van der Waals surface area contributed by atoms with Crippen LogP contribution in [0.25, 0.3) is 110 Å². The van der Waals surface area contributed by atoms with Gasteiger partial charge >= 0.3 is 0 Å². The Morgan fingerprint density at radius 2 is 0.885 bits per heavy atom. The number of para-hydroxylation sites is 3. The number of aromatic nitrogens is 1. The Kier molecular flexibility index (Phi) is 6.25. The molecule has 0 saturated carbocycles. The molecule has 52 heavy (non-hydrogen) atoms. The van der Waals surface area contributed by atoms with E-state index >= 15 is 0 Å². The number of hydrogen-bond donors (Lipinski definition) is 0. The summed E-state index contributed by atoms with van der Waals surface area (Å²) in [5.41, 5.74) is 13.4. The molecular formula is C49H29NO2. The first kappa shape index (κ1) is 28.8. The molecule has 0 aliphatic carbocycles. The molecule has 0 bridgehead atoms. The first-order valence-corrected chi connectivity index (χ1v) is 17.6. The van der Waals surface area contributed by atoms with E-state index in [0.717, 1.165) is 105 Å². The summed E-state index contributed by atoms with van der Waals surface area (Å²) >= 11 is 0. The van der Waals surface area contributed by atoms with E-state index in [2.05, 4.69) is 152 Å². The number of rotatable bonds is 4.